The van der Waals surface area contributed by atoms with E-state index in [0.29, 0.717) is 6.10 Å². The Hall–Kier alpha value is -0.800. The Morgan fingerprint density at radius 2 is 2.25 bits per heavy atom. The number of aromatic nitrogens is 1. The number of methoxy groups -OCH3 is 1. The predicted octanol–water partition coefficient (Wildman–Crippen LogP) is 4.54. The van der Waals surface area contributed by atoms with E-state index in [4.69, 9.17) is 4.74 Å². The lowest BCUT2D eigenvalue weighted by Crippen LogP contribution is -2.21. The fourth-order valence-corrected chi connectivity index (χ4v) is 3.36. The van der Waals surface area contributed by atoms with Crippen molar-refractivity contribution >= 4 is 22.0 Å². The average Bonchev–Trinajstić information content (AvgIpc) is 2.69. The van der Waals surface area contributed by atoms with Gasteiger partial charge >= 0.3 is 0 Å². The Bertz CT molecular complexity index is 540. The molecule has 0 saturated heterocycles. The van der Waals surface area contributed by atoms with Gasteiger partial charge in [-0.25, -0.2) is 0 Å². The first kappa shape index (κ1) is 15.6. The van der Waals surface area contributed by atoms with Crippen LogP contribution in [0.5, 0.6) is 0 Å². The summed E-state index contributed by atoms with van der Waals surface area (Å²) in [6.07, 6.45) is 11.2. The van der Waals surface area contributed by atoms with Crippen LogP contribution in [0.1, 0.15) is 42.3 Å². The molecule has 2 rings (SSSR count). The summed E-state index contributed by atoms with van der Waals surface area (Å²) in [6.45, 7) is 4.35. The molecule has 0 aromatic carbocycles. The van der Waals surface area contributed by atoms with Crippen molar-refractivity contribution in [2.45, 2.75) is 45.6 Å². The number of hydrogen-bond acceptors (Lipinski definition) is 1. The average molecular weight is 338 g/mol. The Morgan fingerprint density at radius 1 is 1.50 bits per heavy atom. The van der Waals surface area contributed by atoms with Crippen LogP contribution in [-0.4, -0.2) is 17.8 Å². The number of nitrogens with zero attached hydrogens (tertiary/aromatic N) is 1. The van der Waals surface area contributed by atoms with Crippen molar-refractivity contribution in [2.75, 3.05) is 7.11 Å². The molecule has 0 spiro atoms. The molecule has 0 N–H and O–H groups in total. The molecule has 1 aliphatic rings. The highest BCUT2D eigenvalue weighted by atomic mass is 79.9. The summed E-state index contributed by atoms with van der Waals surface area (Å²) in [4.78, 5) is 0. The lowest BCUT2D eigenvalue weighted by molar-refractivity contribution is 0.0904. The summed E-state index contributed by atoms with van der Waals surface area (Å²) in [5.41, 5.74) is 5.64. The predicted molar refractivity (Wildman–Crippen MR) is 89.3 cm³/mol. The molecule has 1 aromatic heterocycles. The number of fused-ring (bicyclic) bond motifs is 1. The molecular formula is C17H24BrNO. The number of allylic oxidation sites excluding steroid dienone is 3. The summed E-state index contributed by atoms with van der Waals surface area (Å²) >= 11 is 3.65. The quantitative estimate of drug-likeness (QED) is 0.735. The van der Waals surface area contributed by atoms with Crippen molar-refractivity contribution in [1.29, 1.82) is 0 Å². The molecule has 0 amide bonds. The topological polar surface area (TPSA) is 14.2 Å². The molecule has 2 nitrogen and oxygen atoms in total. The van der Waals surface area contributed by atoms with E-state index < -0.39 is 0 Å². The van der Waals surface area contributed by atoms with Crippen LogP contribution in [0.25, 0.3) is 6.08 Å². The molecule has 0 aliphatic heterocycles. The fraction of sp³-hybridized carbons (Fsp3) is 0.529. The minimum atomic E-state index is 0.362. The maximum Gasteiger partial charge on any atom is 0.0616 e. The third kappa shape index (κ3) is 3.09. The Labute approximate surface area is 130 Å². The molecule has 1 atom stereocenters. The van der Waals surface area contributed by atoms with E-state index in [1.807, 2.05) is 7.11 Å². The molecule has 0 bridgehead atoms. The second-order valence-electron chi connectivity index (χ2n) is 5.42. The van der Waals surface area contributed by atoms with Gasteiger partial charge in [-0.15, -0.1) is 0 Å². The van der Waals surface area contributed by atoms with Gasteiger partial charge in [0.05, 0.1) is 6.10 Å². The second-order valence-corrected chi connectivity index (χ2v) is 6.34. The van der Waals surface area contributed by atoms with Gasteiger partial charge in [0.15, 0.2) is 0 Å². The summed E-state index contributed by atoms with van der Waals surface area (Å²) in [5.74, 6) is 0. The molecule has 1 unspecified atom stereocenters. The smallest absolute Gasteiger partial charge is 0.0616 e. The summed E-state index contributed by atoms with van der Waals surface area (Å²) in [7, 11) is 4.00. The monoisotopic (exact) mass is 337 g/mol. The minimum Gasteiger partial charge on any atom is -0.381 e. The minimum absolute atomic E-state index is 0.362. The van der Waals surface area contributed by atoms with Crippen LogP contribution in [0.15, 0.2) is 16.6 Å². The van der Waals surface area contributed by atoms with Crippen LogP contribution in [0.3, 0.4) is 0 Å². The van der Waals surface area contributed by atoms with Crippen molar-refractivity contribution in [1.82, 2.24) is 4.57 Å². The van der Waals surface area contributed by atoms with E-state index in [9.17, 15) is 0 Å². The van der Waals surface area contributed by atoms with Crippen molar-refractivity contribution in [3.05, 3.63) is 39.1 Å². The molecule has 20 heavy (non-hydrogen) atoms. The summed E-state index contributed by atoms with van der Waals surface area (Å²) < 4.78 is 9.05. The van der Waals surface area contributed by atoms with Crippen LogP contribution >= 0.6 is 15.9 Å². The molecule has 110 valence electrons. The van der Waals surface area contributed by atoms with Gasteiger partial charge in [-0.05, 0) is 43.4 Å². The SMILES string of the molecule is CCC=C/C(Br)=C\c1c2c(n(C)c1C)CCC(OC)C2. The van der Waals surface area contributed by atoms with Crippen molar-refractivity contribution in [3.63, 3.8) is 0 Å². The highest BCUT2D eigenvalue weighted by Crippen LogP contribution is 2.32. The van der Waals surface area contributed by atoms with Gasteiger partial charge in [0.2, 0.25) is 0 Å². The molecule has 0 saturated carbocycles. The molecule has 0 fully saturated rings. The van der Waals surface area contributed by atoms with E-state index in [2.05, 4.69) is 59.6 Å². The van der Waals surface area contributed by atoms with Gasteiger partial charge in [-0.2, -0.15) is 0 Å². The highest BCUT2D eigenvalue weighted by molar-refractivity contribution is 9.12. The lowest BCUT2D eigenvalue weighted by Gasteiger charge is -2.22. The van der Waals surface area contributed by atoms with Crippen LogP contribution in [-0.2, 0) is 24.6 Å². The highest BCUT2D eigenvalue weighted by Gasteiger charge is 2.25. The van der Waals surface area contributed by atoms with Gasteiger partial charge < -0.3 is 9.30 Å². The van der Waals surface area contributed by atoms with E-state index in [1.165, 1.54) is 22.5 Å². The van der Waals surface area contributed by atoms with E-state index in [-0.39, 0.29) is 0 Å². The largest absolute Gasteiger partial charge is 0.381 e. The third-order valence-corrected chi connectivity index (χ3v) is 4.73. The van der Waals surface area contributed by atoms with Crippen molar-refractivity contribution in [2.24, 2.45) is 7.05 Å². The molecule has 1 heterocycles. The first-order valence-electron chi connectivity index (χ1n) is 7.32. The molecular weight excluding hydrogens is 314 g/mol. The summed E-state index contributed by atoms with van der Waals surface area (Å²) in [6, 6.07) is 0. The van der Waals surface area contributed by atoms with Crippen LogP contribution in [0, 0.1) is 6.92 Å². The first-order chi connectivity index (χ1) is 9.58. The number of halogens is 1. The maximum atomic E-state index is 5.57. The molecule has 1 aromatic rings. The van der Waals surface area contributed by atoms with Crippen LogP contribution in [0.2, 0.25) is 0 Å². The van der Waals surface area contributed by atoms with Crippen molar-refractivity contribution < 1.29 is 4.74 Å². The molecule has 0 radical (unpaired) electrons. The number of hydrogen-bond donors (Lipinski definition) is 0. The standard InChI is InChI=1S/C17H24BrNO/c1-5-6-7-13(18)10-15-12(2)19(3)17-9-8-14(20-4)11-16(15)17/h6-7,10,14H,5,8-9,11H2,1-4H3/b7-6?,13-10+. The van der Waals surface area contributed by atoms with Gasteiger partial charge in [-0.1, -0.05) is 35.0 Å². The summed E-state index contributed by atoms with van der Waals surface area (Å²) in [5, 5.41) is 0. The van der Waals surface area contributed by atoms with E-state index in [1.54, 1.807) is 0 Å². The Kier molecular flexibility index (Phi) is 5.28. The van der Waals surface area contributed by atoms with Gasteiger partial charge in [0, 0.05) is 36.4 Å². The van der Waals surface area contributed by atoms with E-state index >= 15 is 0 Å². The Balaban J connectivity index is 2.41. The van der Waals surface area contributed by atoms with Crippen LogP contribution < -0.4 is 0 Å². The maximum absolute atomic E-state index is 5.57. The zero-order valence-electron chi connectivity index (χ0n) is 12.9. The number of ether oxygens (including phenoxy) is 1. The zero-order valence-corrected chi connectivity index (χ0v) is 14.5. The lowest BCUT2D eigenvalue weighted by atomic mass is 9.92. The van der Waals surface area contributed by atoms with Gasteiger partial charge in [0.25, 0.3) is 0 Å². The fourth-order valence-electron chi connectivity index (χ4n) is 2.94. The number of rotatable bonds is 4. The molecule has 3 heteroatoms. The zero-order chi connectivity index (χ0) is 14.7. The first-order valence-corrected chi connectivity index (χ1v) is 8.11. The second kappa shape index (κ2) is 6.77. The van der Waals surface area contributed by atoms with E-state index in [0.717, 1.165) is 30.2 Å². The normalized spacial score (nSPS) is 19.6. The third-order valence-electron chi connectivity index (χ3n) is 4.23. The van der Waals surface area contributed by atoms with Gasteiger partial charge in [-0.3, -0.25) is 0 Å². The Morgan fingerprint density at radius 3 is 2.90 bits per heavy atom. The molecule has 1 aliphatic carbocycles. The van der Waals surface area contributed by atoms with Crippen molar-refractivity contribution in [3.8, 4) is 0 Å². The van der Waals surface area contributed by atoms with Crippen LogP contribution in [0.4, 0.5) is 0 Å². The van der Waals surface area contributed by atoms with Gasteiger partial charge in [0.1, 0.15) is 0 Å².